The van der Waals surface area contributed by atoms with Crippen molar-refractivity contribution in [2.24, 2.45) is 0 Å². The Hall–Kier alpha value is -0.630. The first-order chi connectivity index (χ1) is 7.38. The summed E-state index contributed by atoms with van der Waals surface area (Å²) in [6.45, 7) is 2.22. The van der Waals surface area contributed by atoms with Gasteiger partial charge in [0.05, 0.1) is 0 Å². The lowest BCUT2D eigenvalue weighted by Gasteiger charge is -2.24. The molecule has 1 nitrogen and oxygen atoms in total. The summed E-state index contributed by atoms with van der Waals surface area (Å²) in [6.07, 6.45) is 2.46. The van der Waals surface area contributed by atoms with Gasteiger partial charge in [0.1, 0.15) is 0 Å². The van der Waals surface area contributed by atoms with E-state index >= 15 is 0 Å². The zero-order valence-electron chi connectivity index (χ0n) is 9.12. The van der Waals surface area contributed by atoms with Crippen LogP contribution in [0.2, 0.25) is 0 Å². The number of benzene rings is 1. The predicted molar refractivity (Wildman–Crippen MR) is 67.9 cm³/mol. The van der Waals surface area contributed by atoms with Gasteiger partial charge in [-0.15, -0.1) is 0 Å². The van der Waals surface area contributed by atoms with E-state index in [4.69, 9.17) is 0 Å². The maximum absolute atomic E-state index is 3.70. The topological polar surface area (TPSA) is 12.0 Å². The summed E-state index contributed by atoms with van der Waals surface area (Å²) in [5, 5.41) is 3.70. The molecule has 2 aliphatic heterocycles. The molecular weight excluding hydrogens is 202 g/mol. The van der Waals surface area contributed by atoms with Crippen molar-refractivity contribution < 1.29 is 0 Å². The van der Waals surface area contributed by atoms with Crippen LogP contribution in [0.25, 0.3) is 0 Å². The third kappa shape index (κ3) is 1.55. The number of thioether (sulfide) groups is 1. The van der Waals surface area contributed by atoms with E-state index in [0.717, 1.165) is 12.3 Å². The number of aryl methyl sites for hydroxylation is 1. The van der Waals surface area contributed by atoms with Crippen molar-refractivity contribution in [3.63, 3.8) is 0 Å². The highest BCUT2D eigenvalue weighted by Crippen LogP contribution is 2.42. The molecule has 1 N–H and O–H groups in total. The fraction of sp³-hybridized carbons (Fsp3) is 0.538. The summed E-state index contributed by atoms with van der Waals surface area (Å²) in [5.41, 5.74) is 4.42. The van der Waals surface area contributed by atoms with Crippen molar-refractivity contribution >= 4 is 17.4 Å². The molecule has 0 radical (unpaired) electrons. The standard InChI is InChI=1S/C13H17NS/c1-2-9-3-4-10-11-8-15-6-5-12(11)14-13(10)7-9/h3-4,7,11-12,14H,2,5-6,8H2,1H3. The van der Waals surface area contributed by atoms with Crippen LogP contribution in [0.4, 0.5) is 5.69 Å². The van der Waals surface area contributed by atoms with Gasteiger partial charge in [0, 0.05) is 23.4 Å². The Bertz CT molecular complexity index is 375. The Labute approximate surface area is 95.6 Å². The quantitative estimate of drug-likeness (QED) is 0.778. The van der Waals surface area contributed by atoms with E-state index in [1.54, 1.807) is 5.56 Å². The van der Waals surface area contributed by atoms with Gasteiger partial charge >= 0.3 is 0 Å². The molecule has 2 aliphatic rings. The van der Waals surface area contributed by atoms with Crippen molar-refractivity contribution in [1.82, 2.24) is 0 Å². The molecule has 1 saturated heterocycles. The van der Waals surface area contributed by atoms with Crippen LogP contribution in [0.1, 0.15) is 30.4 Å². The number of fused-ring (bicyclic) bond motifs is 3. The third-order valence-corrected chi connectivity index (χ3v) is 4.74. The highest BCUT2D eigenvalue weighted by molar-refractivity contribution is 7.99. The molecule has 2 unspecified atom stereocenters. The van der Waals surface area contributed by atoms with E-state index in [9.17, 15) is 0 Å². The van der Waals surface area contributed by atoms with Gasteiger partial charge in [0.25, 0.3) is 0 Å². The van der Waals surface area contributed by atoms with Crippen molar-refractivity contribution in [1.29, 1.82) is 0 Å². The average molecular weight is 219 g/mol. The van der Waals surface area contributed by atoms with Gasteiger partial charge in [-0.25, -0.2) is 0 Å². The van der Waals surface area contributed by atoms with E-state index in [1.807, 2.05) is 0 Å². The van der Waals surface area contributed by atoms with Crippen molar-refractivity contribution in [3.05, 3.63) is 29.3 Å². The lowest BCUT2D eigenvalue weighted by molar-refractivity contribution is 0.614. The van der Waals surface area contributed by atoms with Crippen LogP contribution in [-0.2, 0) is 6.42 Å². The molecule has 80 valence electrons. The number of hydrogen-bond donors (Lipinski definition) is 1. The molecule has 0 saturated carbocycles. The van der Waals surface area contributed by atoms with Gasteiger partial charge in [0.2, 0.25) is 0 Å². The second kappa shape index (κ2) is 3.75. The van der Waals surface area contributed by atoms with Crippen LogP contribution in [0.15, 0.2) is 18.2 Å². The van der Waals surface area contributed by atoms with Crippen LogP contribution in [0, 0.1) is 0 Å². The molecule has 2 heteroatoms. The smallest absolute Gasteiger partial charge is 0.0381 e. The normalized spacial score (nSPS) is 28.1. The van der Waals surface area contributed by atoms with Crippen LogP contribution in [-0.4, -0.2) is 17.5 Å². The molecule has 1 aromatic carbocycles. The molecule has 0 amide bonds. The lowest BCUT2D eigenvalue weighted by Crippen LogP contribution is -2.26. The number of rotatable bonds is 1. The molecule has 3 rings (SSSR count). The first-order valence-corrected chi connectivity index (χ1v) is 7.01. The summed E-state index contributed by atoms with van der Waals surface area (Å²) in [5.74, 6) is 3.39. The SMILES string of the molecule is CCc1ccc2c(c1)NC1CCSCC21. The predicted octanol–water partition coefficient (Wildman–Crippen LogP) is 3.26. The van der Waals surface area contributed by atoms with Crippen LogP contribution in [0.5, 0.6) is 0 Å². The maximum Gasteiger partial charge on any atom is 0.0381 e. The molecule has 1 fully saturated rings. The molecule has 0 aromatic heterocycles. The number of nitrogens with one attached hydrogen (secondary N) is 1. The molecule has 0 bridgehead atoms. The highest BCUT2D eigenvalue weighted by Gasteiger charge is 2.33. The van der Waals surface area contributed by atoms with Crippen LogP contribution >= 0.6 is 11.8 Å². The third-order valence-electron chi connectivity index (χ3n) is 3.62. The average Bonchev–Trinajstić information content (AvgIpc) is 2.66. The molecule has 2 heterocycles. The molecule has 0 aliphatic carbocycles. The van der Waals surface area contributed by atoms with E-state index in [-0.39, 0.29) is 0 Å². The highest BCUT2D eigenvalue weighted by atomic mass is 32.2. The Morgan fingerprint density at radius 3 is 3.27 bits per heavy atom. The first kappa shape index (κ1) is 9.59. The van der Waals surface area contributed by atoms with Crippen LogP contribution < -0.4 is 5.32 Å². The van der Waals surface area contributed by atoms with Gasteiger partial charge in [-0.1, -0.05) is 19.1 Å². The summed E-state index contributed by atoms with van der Waals surface area (Å²) in [6, 6.07) is 7.70. The molecule has 2 atom stereocenters. The van der Waals surface area contributed by atoms with Crippen molar-refractivity contribution in [2.45, 2.75) is 31.7 Å². The first-order valence-electron chi connectivity index (χ1n) is 5.85. The zero-order valence-corrected chi connectivity index (χ0v) is 9.94. The van der Waals surface area contributed by atoms with E-state index in [0.29, 0.717) is 6.04 Å². The van der Waals surface area contributed by atoms with E-state index < -0.39 is 0 Å². The zero-order chi connectivity index (χ0) is 10.3. The fourth-order valence-corrected chi connectivity index (χ4v) is 3.94. The second-order valence-electron chi connectivity index (χ2n) is 4.50. The van der Waals surface area contributed by atoms with Gasteiger partial charge in [0.15, 0.2) is 0 Å². The number of anilines is 1. The summed E-state index contributed by atoms with van der Waals surface area (Å²) < 4.78 is 0. The Morgan fingerprint density at radius 2 is 2.40 bits per heavy atom. The van der Waals surface area contributed by atoms with Gasteiger partial charge in [-0.05, 0) is 35.8 Å². The van der Waals surface area contributed by atoms with Crippen molar-refractivity contribution in [2.75, 3.05) is 16.8 Å². The largest absolute Gasteiger partial charge is 0.381 e. The minimum absolute atomic E-state index is 0.716. The van der Waals surface area contributed by atoms with Crippen LogP contribution in [0.3, 0.4) is 0 Å². The minimum Gasteiger partial charge on any atom is -0.381 e. The Kier molecular flexibility index (Phi) is 2.39. The number of hydrogen-bond acceptors (Lipinski definition) is 2. The Morgan fingerprint density at radius 1 is 1.47 bits per heavy atom. The van der Waals surface area contributed by atoms with Gasteiger partial charge < -0.3 is 5.32 Å². The summed E-state index contributed by atoms with van der Waals surface area (Å²) in [7, 11) is 0. The van der Waals surface area contributed by atoms with E-state index in [2.05, 4.69) is 42.2 Å². The monoisotopic (exact) mass is 219 g/mol. The molecular formula is C13H17NS. The molecule has 0 spiro atoms. The van der Waals surface area contributed by atoms with Crippen molar-refractivity contribution in [3.8, 4) is 0 Å². The van der Waals surface area contributed by atoms with E-state index in [1.165, 1.54) is 29.2 Å². The molecule has 15 heavy (non-hydrogen) atoms. The van der Waals surface area contributed by atoms with Gasteiger partial charge in [-0.2, -0.15) is 11.8 Å². The fourth-order valence-electron chi connectivity index (χ4n) is 2.69. The second-order valence-corrected chi connectivity index (χ2v) is 5.65. The lowest BCUT2D eigenvalue weighted by atomic mass is 9.94. The molecule has 1 aromatic rings. The maximum atomic E-state index is 3.70. The summed E-state index contributed by atoms with van der Waals surface area (Å²) in [4.78, 5) is 0. The minimum atomic E-state index is 0.716. The Balaban J connectivity index is 1.96. The summed E-state index contributed by atoms with van der Waals surface area (Å²) >= 11 is 2.10. The van der Waals surface area contributed by atoms with Gasteiger partial charge in [-0.3, -0.25) is 0 Å².